The predicted molar refractivity (Wildman–Crippen MR) is 77.3 cm³/mol. The number of hydrogen-bond acceptors (Lipinski definition) is 2. The van der Waals surface area contributed by atoms with Gasteiger partial charge < -0.3 is 5.73 Å². The van der Waals surface area contributed by atoms with Gasteiger partial charge in [0.15, 0.2) is 0 Å². The summed E-state index contributed by atoms with van der Waals surface area (Å²) >= 11 is 0. The molecule has 0 spiro atoms. The largest absolute Gasteiger partial charge is 0.329 e. The second kappa shape index (κ2) is 6.64. The summed E-state index contributed by atoms with van der Waals surface area (Å²) in [5, 5.41) is 0. The minimum Gasteiger partial charge on any atom is -0.329 e. The van der Waals surface area contributed by atoms with Crippen LogP contribution in [0.3, 0.4) is 0 Å². The van der Waals surface area contributed by atoms with E-state index in [0.717, 1.165) is 31.7 Å². The normalized spacial score (nSPS) is 19.1. The van der Waals surface area contributed by atoms with Gasteiger partial charge >= 0.3 is 0 Å². The van der Waals surface area contributed by atoms with Gasteiger partial charge in [-0.05, 0) is 38.1 Å². The molecule has 0 atom stereocenters. The lowest BCUT2D eigenvalue weighted by molar-refractivity contribution is 0.0984. The minimum absolute atomic E-state index is 0.0741. The van der Waals surface area contributed by atoms with Gasteiger partial charge in [-0.15, -0.1) is 0 Å². The molecule has 2 nitrogen and oxygen atoms in total. The van der Waals surface area contributed by atoms with Crippen LogP contribution in [-0.4, -0.2) is 24.0 Å². The highest BCUT2D eigenvalue weighted by atomic mass is 19.1. The Kier molecular flexibility index (Phi) is 5.11. The van der Waals surface area contributed by atoms with Crippen LogP contribution in [-0.2, 0) is 6.54 Å². The first kappa shape index (κ1) is 15.4. The predicted octanol–water partition coefficient (Wildman–Crippen LogP) is 3.45. The molecule has 0 amide bonds. The second-order valence-electron chi connectivity index (χ2n) is 5.93. The van der Waals surface area contributed by atoms with E-state index in [2.05, 4.69) is 4.90 Å². The fourth-order valence-electron chi connectivity index (χ4n) is 3.22. The van der Waals surface area contributed by atoms with Crippen molar-refractivity contribution < 1.29 is 8.78 Å². The molecule has 1 aliphatic rings. The van der Waals surface area contributed by atoms with Gasteiger partial charge in [-0.2, -0.15) is 0 Å². The molecule has 20 heavy (non-hydrogen) atoms. The number of hydrogen-bond donors (Lipinski definition) is 1. The molecule has 0 radical (unpaired) electrons. The average Bonchev–Trinajstić information content (AvgIpc) is 2.69. The van der Waals surface area contributed by atoms with E-state index in [-0.39, 0.29) is 11.4 Å². The zero-order valence-corrected chi connectivity index (χ0v) is 12.2. The highest BCUT2D eigenvalue weighted by molar-refractivity contribution is 5.19. The summed E-state index contributed by atoms with van der Waals surface area (Å²) < 4.78 is 27.1. The molecule has 1 aromatic carbocycles. The van der Waals surface area contributed by atoms with E-state index in [4.69, 9.17) is 5.73 Å². The lowest BCUT2D eigenvalue weighted by Crippen LogP contribution is -2.51. The number of benzene rings is 1. The van der Waals surface area contributed by atoms with Crippen LogP contribution in [0.15, 0.2) is 18.2 Å². The van der Waals surface area contributed by atoms with Gasteiger partial charge in [-0.25, -0.2) is 8.78 Å². The molecule has 4 heteroatoms. The standard InChI is InChI=1S/C16H24F2N2/c1-20(11-13-10-14(17)6-7-15(13)18)16(12-19)8-4-2-3-5-9-16/h6-7,10H,2-5,8-9,11-12,19H2,1H3. The first-order valence-corrected chi connectivity index (χ1v) is 7.43. The molecule has 1 aliphatic carbocycles. The monoisotopic (exact) mass is 282 g/mol. The van der Waals surface area contributed by atoms with Crippen molar-refractivity contribution in [1.82, 2.24) is 4.90 Å². The quantitative estimate of drug-likeness (QED) is 0.857. The number of rotatable bonds is 4. The zero-order valence-electron chi connectivity index (χ0n) is 12.2. The lowest BCUT2D eigenvalue weighted by Gasteiger charge is -2.41. The maximum atomic E-state index is 13.8. The van der Waals surface area contributed by atoms with E-state index in [0.29, 0.717) is 18.7 Å². The fourth-order valence-corrected chi connectivity index (χ4v) is 3.22. The summed E-state index contributed by atoms with van der Waals surface area (Å²) in [7, 11) is 1.97. The van der Waals surface area contributed by atoms with Crippen molar-refractivity contribution in [3.8, 4) is 0 Å². The van der Waals surface area contributed by atoms with E-state index in [1.807, 2.05) is 7.05 Å². The molecule has 0 heterocycles. The summed E-state index contributed by atoms with van der Waals surface area (Å²) in [6, 6.07) is 3.64. The van der Waals surface area contributed by atoms with Crippen molar-refractivity contribution in [1.29, 1.82) is 0 Å². The number of nitrogens with zero attached hydrogens (tertiary/aromatic N) is 1. The van der Waals surface area contributed by atoms with Gasteiger partial charge in [-0.3, -0.25) is 4.90 Å². The first-order valence-electron chi connectivity index (χ1n) is 7.43. The van der Waals surface area contributed by atoms with Crippen LogP contribution in [0.1, 0.15) is 44.1 Å². The number of likely N-dealkylation sites (N-methyl/N-ethyl adjacent to an activating group) is 1. The molecule has 1 saturated carbocycles. The molecule has 0 aromatic heterocycles. The molecule has 2 rings (SSSR count). The Morgan fingerprint density at radius 3 is 2.40 bits per heavy atom. The van der Waals surface area contributed by atoms with Crippen LogP contribution in [0.2, 0.25) is 0 Å². The van der Waals surface area contributed by atoms with E-state index >= 15 is 0 Å². The summed E-state index contributed by atoms with van der Waals surface area (Å²) in [6.07, 6.45) is 6.88. The second-order valence-corrected chi connectivity index (χ2v) is 5.93. The molecular formula is C16H24F2N2. The SMILES string of the molecule is CN(Cc1cc(F)ccc1F)C1(CN)CCCCCC1. The maximum Gasteiger partial charge on any atom is 0.127 e. The van der Waals surface area contributed by atoms with Crippen LogP contribution >= 0.6 is 0 Å². The lowest BCUT2D eigenvalue weighted by atomic mass is 9.88. The van der Waals surface area contributed by atoms with E-state index < -0.39 is 5.82 Å². The number of nitrogens with two attached hydrogens (primary N) is 1. The van der Waals surface area contributed by atoms with Crippen LogP contribution < -0.4 is 5.73 Å². The Morgan fingerprint density at radius 1 is 1.15 bits per heavy atom. The first-order chi connectivity index (χ1) is 9.57. The van der Waals surface area contributed by atoms with Crippen molar-refractivity contribution in [3.05, 3.63) is 35.4 Å². The van der Waals surface area contributed by atoms with E-state index in [1.54, 1.807) is 0 Å². The third-order valence-electron chi connectivity index (χ3n) is 4.64. The molecule has 0 bridgehead atoms. The van der Waals surface area contributed by atoms with Crippen LogP contribution in [0.4, 0.5) is 8.78 Å². The van der Waals surface area contributed by atoms with E-state index in [1.165, 1.54) is 25.0 Å². The molecule has 0 saturated heterocycles. The Hall–Kier alpha value is -1.00. The van der Waals surface area contributed by atoms with Gasteiger partial charge in [0, 0.05) is 24.2 Å². The highest BCUT2D eigenvalue weighted by Crippen LogP contribution is 2.32. The highest BCUT2D eigenvalue weighted by Gasteiger charge is 2.33. The molecule has 0 unspecified atom stereocenters. The molecule has 112 valence electrons. The third kappa shape index (κ3) is 3.36. The Morgan fingerprint density at radius 2 is 1.80 bits per heavy atom. The molecule has 0 aliphatic heterocycles. The van der Waals surface area contributed by atoms with Crippen LogP contribution in [0.25, 0.3) is 0 Å². The Balaban J connectivity index is 2.16. The van der Waals surface area contributed by atoms with Gasteiger partial charge in [-0.1, -0.05) is 25.7 Å². The maximum absolute atomic E-state index is 13.8. The average molecular weight is 282 g/mol. The third-order valence-corrected chi connectivity index (χ3v) is 4.64. The van der Waals surface area contributed by atoms with Gasteiger partial charge in [0.25, 0.3) is 0 Å². The van der Waals surface area contributed by atoms with Crippen molar-refractivity contribution in [2.75, 3.05) is 13.6 Å². The van der Waals surface area contributed by atoms with Crippen molar-refractivity contribution in [3.63, 3.8) is 0 Å². The molecule has 1 fully saturated rings. The van der Waals surface area contributed by atoms with E-state index in [9.17, 15) is 8.78 Å². The summed E-state index contributed by atoms with van der Waals surface area (Å²) in [6.45, 7) is 0.973. The van der Waals surface area contributed by atoms with Crippen molar-refractivity contribution in [2.24, 2.45) is 5.73 Å². The minimum atomic E-state index is -0.391. The topological polar surface area (TPSA) is 29.3 Å². The Bertz CT molecular complexity index is 440. The molecular weight excluding hydrogens is 258 g/mol. The van der Waals surface area contributed by atoms with Crippen LogP contribution in [0.5, 0.6) is 0 Å². The molecule has 2 N–H and O–H groups in total. The molecule has 1 aromatic rings. The number of halogens is 2. The van der Waals surface area contributed by atoms with Crippen LogP contribution in [0, 0.1) is 11.6 Å². The van der Waals surface area contributed by atoms with Gasteiger partial charge in [0.05, 0.1) is 0 Å². The summed E-state index contributed by atoms with van der Waals surface area (Å²) in [5.74, 6) is -0.739. The van der Waals surface area contributed by atoms with Crippen molar-refractivity contribution >= 4 is 0 Å². The van der Waals surface area contributed by atoms with Gasteiger partial charge in [0.1, 0.15) is 11.6 Å². The Labute approximate surface area is 120 Å². The summed E-state index contributed by atoms with van der Waals surface area (Å²) in [4.78, 5) is 2.12. The zero-order chi connectivity index (χ0) is 14.6. The smallest absolute Gasteiger partial charge is 0.127 e. The van der Waals surface area contributed by atoms with Gasteiger partial charge in [0.2, 0.25) is 0 Å². The summed E-state index contributed by atoms with van der Waals surface area (Å²) in [5.41, 5.74) is 6.35. The van der Waals surface area contributed by atoms with Crippen molar-refractivity contribution in [2.45, 2.75) is 50.6 Å². The fraction of sp³-hybridized carbons (Fsp3) is 0.625.